The Morgan fingerprint density at radius 3 is 2.52 bits per heavy atom. The van der Waals surface area contributed by atoms with Gasteiger partial charge >= 0.3 is 0 Å². The summed E-state index contributed by atoms with van der Waals surface area (Å²) in [6.45, 7) is 8.41. The highest BCUT2D eigenvalue weighted by Gasteiger charge is 2.25. The van der Waals surface area contributed by atoms with E-state index in [1.54, 1.807) is 0 Å². The SMILES string of the molecule is CC(CNC(=O)c1cc(N)c(F)cc1[N+](=O)[O-])C(C)(C)C. The highest BCUT2D eigenvalue weighted by atomic mass is 19.1. The Bertz CT molecular complexity index is 567. The first kappa shape index (κ1) is 16.9. The zero-order valence-electron chi connectivity index (χ0n) is 12.6. The fourth-order valence-electron chi connectivity index (χ4n) is 1.56. The van der Waals surface area contributed by atoms with Crippen LogP contribution in [0.3, 0.4) is 0 Å². The Labute approximate surface area is 122 Å². The number of anilines is 1. The van der Waals surface area contributed by atoms with Gasteiger partial charge in [0.15, 0.2) is 5.82 Å². The fraction of sp³-hybridized carbons (Fsp3) is 0.500. The molecule has 0 saturated carbocycles. The van der Waals surface area contributed by atoms with Crippen LogP contribution in [-0.4, -0.2) is 17.4 Å². The van der Waals surface area contributed by atoms with E-state index in [4.69, 9.17) is 5.73 Å². The summed E-state index contributed by atoms with van der Waals surface area (Å²) in [7, 11) is 0. The molecule has 7 heteroatoms. The molecular weight excluding hydrogens is 277 g/mol. The van der Waals surface area contributed by atoms with Gasteiger partial charge in [0.25, 0.3) is 11.6 Å². The number of hydrogen-bond acceptors (Lipinski definition) is 4. The molecule has 0 fully saturated rings. The van der Waals surface area contributed by atoms with Crippen LogP contribution in [0.1, 0.15) is 38.1 Å². The third-order valence-electron chi connectivity index (χ3n) is 3.60. The number of nitrogen functional groups attached to an aromatic ring is 1. The molecular formula is C14H20FN3O3. The Morgan fingerprint density at radius 2 is 2.05 bits per heavy atom. The molecule has 0 aliphatic heterocycles. The first-order valence-corrected chi connectivity index (χ1v) is 6.55. The van der Waals surface area contributed by atoms with Crippen molar-refractivity contribution in [1.82, 2.24) is 5.32 Å². The molecule has 1 aromatic carbocycles. The van der Waals surface area contributed by atoms with E-state index < -0.39 is 22.3 Å². The van der Waals surface area contributed by atoms with Gasteiger partial charge in [0, 0.05) is 6.54 Å². The molecule has 1 aromatic rings. The van der Waals surface area contributed by atoms with Gasteiger partial charge in [-0.2, -0.15) is 0 Å². The molecule has 0 heterocycles. The number of nitro benzene ring substituents is 1. The van der Waals surface area contributed by atoms with E-state index in [-0.39, 0.29) is 22.6 Å². The molecule has 0 bridgehead atoms. The molecule has 116 valence electrons. The second-order valence-electron chi connectivity index (χ2n) is 6.13. The largest absolute Gasteiger partial charge is 0.396 e. The van der Waals surface area contributed by atoms with Crippen molar-refractivity contribution in [3.05, 3.63) is 33.6 Å². The monoisotopic (exact) mass is 297 g/mol. The van der Waals surface area contributed by atoms with Crippen LogP contribution in [-0.2, 0) is 0 Å². The van der Waals surface area contributed by atoms with E-state index in [1.165, 1.54) is 0 Å². The summed E-state index contributed by atoms with van der Waals surface area (Å²) in [5, 5.41) is 13.5. The van der Waals surface area contributed by atoms with Crippen LogP contribution in [0.5, 0.6) is 0 Å². The number of carbonyl (C=O) groups is 1. The third-order valence-corrected chi connectivity index (χ3v) is 3.60. The number of nitrogens with zero attached hydrogens (tertiary/aromatic N) is 1. The van der Waals surface area contributed by atoms with Crippen LogP contribution < -0.4 is 11.1 Å². The number of carbonyl (C=O) groups excluding carboxylic acids is 1. The van der Waals surface area contributed by atoms with E-state index in [1.807, 2.05) is 27.7 Å². The van der Waals surface area contributed by atoms with Crippen LogP contribution in [0.25, 0.3) is 0 Å². The van der Waals surface area contributed by atoms with E-state index in [0.717, 1.165) is 6.07 Å². The molecule has 1 rings (SSSR count). The van der Waals surface area contributed by atoms with Gasteiger partial charge in [-0.3, -0.25) is 14.9 Å². The van der Waals surface area contributed by atoms with Crippen LogP contribution in [0.4, 0.5) is 15.8 Å². The number of nitro groups is 1. The maximum Gasteiger partial charge on any atom is 0.285 e. The molecule has 21 heavy (non-hydrogen) atoms. The van der Waals surface area contributed by atoms with Gasteiger partial charge < -0.3 is 11.1 Å². The van der Waals surface area contributed by atoms with Gasteiger partial charge in [-0.05, 0) is 17.4 Å². The Hall–Kier alpha value is -2.18. The number of benzene rings is 1. The highest BCUT2D eigenvalue weighted by molar-refractivity contribution is 5.99. The summed E-state index contributed by atoms with van der Waals surface area (Å²) < 4.78 is 13.3. The normalized spacial score (nSPS) is 12.8. The zero-order chi connectivity index (χ0) is 16.4. The smallest absolute Gasteiger partial charge is 0.285 e. The van der Waals surface area contributed by atoms with Crippen molar-refractivity contribution in [2.45, 2.75) is 27.7 Å². The number of rotatable bonds is 4. The summed E-state index contributed by atoms with van der Waals surface area (Å²) in [6, 6.07) is 1.65. The Balaban J connectivity index is 2.97. The lowest BCUT2D eigenvalue weighted by atomic mass is 9.82. The lowest BCUT2D eigenvalue weighted by Crippen LogP contribution is -2.34. The van der Waals surface area contributed by atoms with Crippen molar-refractivity contribution < 1.29 is 14.1 Å². The Kier molecular flexibility index (Phi) is 4.88. The number of halogens is 1. The molecule has 0 aromatic heterocycles. The molecule has 3 N–H and O–H groups in total. The maximum atomic E-state index is 13.3. The second kappa shape index (κ2) is 6.07. The van der Waals surface area contributed by atoms with E-state index >= 15 is 0 Å². The summed E-state index contributed by atoms with van der Waals surface area (Å²) in [5.74, 6) is -1.39. The first-order chi connectivity index (χ1) is 9.54. The zero-order valence-corrected chi connectivity index (χ0v) is 12.6. The van der Waals surface area contributed by atoms with Gasteiger partial charge in [-0.1, -0.05) is 27.7 Å². The van der Waals surface area contributed by atoms with Gasteiger partial charge in [0.05, 0.1) is 16.7 Å². The second-order valence-corrected chi connectivity index (χ2v) is 6.13. The van der Waals surface area contributed by atoms with E-state index in [2.05, 4.69) is 5.32 Å². The lowest BCUT2D eigenvalue weighted by Gasteiger charge is -2.27. The molecule has 1 unspecified atom stereocenters. The van der Waals surface area contributed by atoms with Gasteiger partial charge in [-0.15, -0.1) is 0 Å². The van der Waals surface area contributed by atoms with E-state index in [0.29, 0.717) is 12.6 Å². The van der Waals surface area contributed by atoms with Crippen molar-refractivity contribution in [2.24, 2.45) is 11.3 Å². The van der Waals surface area contributed by atoms with Gasteiger partial charge in [-0.25, -0.2) is 4.39 Å². The quantitative estimate of drug-likeness (QED) is 0.507. The summed E-state index contributed by atoms with van der Waals surface area (Å²) in [6.07, 6.45) is 0. The van der Waals surface area contributed by atoms with Crippen LogP contribution in [0, 0.1) is 27.3 Å². The Morgan fingerprint density at radius 1 is 1.48 bits per heavy atom. The number of amides is 1. The molecule has 0 spiro atoms. The summed E-state index contributed by atoms with van der Waals surface area (Å²) >= 11 is 0. The molecule has 0 aliphatic carbocycles. The summed E-state index contributed by atoms with van der Waals surface area (Å²) in [4.78, 5) is 22.2. The van der Waals surface area contributed by atoms with Crippen LogP contribution in [0.2, 0.25) is 0 Å². The van der Waals surface area contributed by atoms with Crippen molar-refractivity contribution in [3.63, 3.8) is 0 Å². The lowest BCUT2D eigenvalue weighted by molar-refractivity contribution is -0.385. The molecule has 0 aliphatic rings. The van der Waals surface area contributed by atoms with Crippen molar-refractivity contribution >= 4 is 17.3 Å². The minimum atomic E-state index is -0.915. The van der Waals surface area contributed by atoms with Crippen molar-refractivity contribution in [1.29, 1.82) is 0 Å². The molecule has 0 radical (unpaired) electrons. The van der Waals surface area contributed by atoms with Crippen molar-refractivity contribution in [3.8, 4) is 0 Å². The maximum absolute atomic E-state index is 13.3. The van der Waals surface area contributed by atoms with Gasteiger partial charge in [0.2, 0.25) is 0 Å². The third kappa shape index (κ3) is 4.14. The number of nitrogens with one attached hydrogen (secondary N) is 1. The fourth-order valence-corrected chi connectivity index (χ4v) is 1.56. The molecule has 0 saturated heterocycles. The van der Waals surface area contributed by atoms with Crippen LogP contribution >= 0.6 is 0 Å². The predicted molar refractivity (Wildman–Crippen MR) is 78.4 cm³/mol. The average Bonchev–Trinajstić information content (AvgIpc) is 2.36. The standard InChI is InChI=1S/C14H20FN3O3/c1-8(14(2,3)4)7-17-13(19)9-5-11(16)10(15)6-12(9)18(20)21/h5-6,8H,7,16H2,1-4H3,(H,17,19). The first-order valence-electron chi connectivity index (χ1n) is 6.55. The minimum absolute atomic E-state index is 0.0129. The van der Waals surface area contributed by atoms with Crippen molar-refractivity contribution in [2.75, 3.05) is 12.3 Å². The minimum Gasteiger partial charge on any atom is -0.396 e. The van der Waals surface area contributed by atoms with E-state index in [9.17, 15) is 19.3 Å². The van der Waals surface area contributed by atoms with Crippen LogP contribution in [0.15, 0.2) is 12.1 Å². The molecule has 1 atom stereocenters. The predicted octanol–water partition coefficient (Wildman–Crippen LogP) is 2.73. The topological polar surface area (TPSA) is 98.3 Å². The number of nitrogens with two attached hydrogens (primary N) is 1. The molecule has 1 amide bonds. The number of hydrogen-bond donors (Lipinski definition) is 2. The average molecular weight is 297 g/mol. The highest BCUT2D eigenvalue weighted by Crippen LogP contribution is 2.26. The van der Waals surface area contributed by atoms with Gasteiger partial charge in [0.1, 0.15) is 5.56 Å². The summed E-state index contributed by atoms with van der Waals surface area (Å²) in [5.41, 5.74) is 4.23. The molecule has 6 nitrogen and oxygen atoms in total.